The Balaban J connectivity index is 1.41. The Morgan fingerprint density at radius 2 is 1.59 bits per heavy atom. The zero-order chi connectivity index (χ0) is 29.6. The van der Waals surface area contributed by atoms with Crippen molar-refractivity contribution in [1.82, 2.24) is 13.4 Å². The van der Waals surface area contributed by atoms with Crippen molar-refractivity contribution < 1.29 is 22.7 Å². The molecule has 0 radical (unpaired) electrons. The van der Waals surface area contributed by atoms with Gasteiger partial charge in [-0.3, -0.25) is 18.7 Å². The average molecular weight is 581 g/mol. The van der Waals surface area contributed by atoms with Crippen LogP contribution in [0.3, 0.4) is 0 Å². The summed E-state index contributed by atoms with van der Waals surface area (Å²) in [6, 6.07) is 15.0. The highest BCUT2D eigenvalue weighted by atomic mass is 32.2. The number of sulfonamides is 1. The molecule has 2 N–H and O–H groups in total. The number of anilines is 1. The largest absolute Gasteiger partial charge is 0.454 e. The van der Waals surface area contributed by atoms with E-state index in [0.717, 1.165) is 46.5 Å². The first kappa shape index (κ1) is 29.7. The number of benzene rings is 2. The molecule has 1 aliphatic rings. The summed E-state index contributed by atoms with van der Waals surface area (Å²) < 4.78 is 34.3. The molecule has 0 saturated carbocycles. The number of hydrogen-bond donors (Lipinski definition) is 1. The van der Waals surface area contributed by atoms with Crippen molar-refractivity contribution in [3.63, 3.8) is 0 Å². The van der Waals surface area contributed by atoms with E-state index < -0.39 is 45.2 Å². The number of Topliss-reactive ketones (excluding diaryl/α,β-unsaturated/α-hetero) is 1. The van der Waals surface area contributed by atoms with Crippen LogP contribution >= 0.6 is 0 Å². The van der Waals surface area contributed by atoms with Crippen molar-refractivity contribution >= 4 is 33.7 Å². The summed E-state index contributed by atoms with van der Waals surface area (Å²) in [6.45, 7) is 0.278. The number of ether oxygens (including phenoxy) is 1. The van der Waals surface area contributed by atoms with E-state index in [1.807, 2.05) is 6.07 Å². The number of rotatable bonds is 9. The van der Waals surface area contributed by atoms with Gasteiger partial charge < -0.3 is 10.5 Å². The number of ketones is 1. The van der Waals surface area contributed by atoms with Crippen molar-refractivity contribution in [2.24, 2.45) is 7.05 Å². The highest BCUT2D eigenvalue weighted by Gasteiger charge is 2.25. The van der Waals surface area contributed by atoms with E-state index in [1.54, 1.807) is 36.4 Å². The SMILES string of the molecule is Cn1c(=O)c(C(=O)COC(=O)C=Cc2ccc(S(=O)(=O)N3CCCCCC3)cc2)c(N)n(Cc2ccccc2)c1=O. The fourth-order valence-corrected chi connectivity index (χ4v) is 6.08. The van der Waals surface area contributed by atoms with E-state index in [4.69, 9.17) is 10.5 Å². The minimum absolute atomic E-state index is 0.0422. The third-order valence-corrected chi connectivity index (χ3v) is 8.80. The summed E-state index contributed by atoms with van der Waals surface area (Å²) in [7, 11) is -2.35. The standard InChI is InChI=1S/C29H32N4O7S/c1-31-28(36)26(27(30)33(29(31)37)19-22-9-5-4-6-10-22)24(34)20-40-25(35)16-13-21-11-14-23(15-12-21)41(38,39)32-17-7-2-3-8-18-32/h4-6,9-16H,2-3,7-8,17-20,30H2,1H3. The third-order valence-electron chi connectivity index (χ3n) is 6.89. The quantitative estimate of drug-likeness (QED) is 0.230. The van der Waals surface area contributed by atoms with Crippen LogP contribution in [0.1, 0.15) is 47.2 Å². The van der Waals surface area contributed by atoms with Crippen molar-refractivity contribution in [3.05, 3.63) is 98.2 Å². The molecule has 0 unspecified atom stereocenters. The number of hydrogen-bond acceptors (Lipinski definition) is 8. The van der Waals surface area contributed by atoms with Gasteiger partial charge in [-0.1, -0.05) is 55.3 Å². The van der Waals surface area contributed by atoms with Crippen LogP contribution in [0.2, 0.25) is 0 Å². The van der Waals surface area contributed by atoms with Crippen molar-refractivity contribution in [1.29, 1.82) is 0 Å². The van der Waals surface area contributed by atoms with Crippen LogP contribution in [0.25, 0.3) is 6.08 Å². The molecule has 216 valence electrons. The number of carbonyl (C=O) groups excluding carboxylic acids is 2. The molecular formula is C29H32N4O7S. The summed E-state index contributed by atoms with van der Waals surface area (Å²) in [5.41, 5.74) is 5.35. The van der Waals surface area contributed by atoms with Crippen LogP contribution in [-0.2, 0) is 33.1 Å². The van der Waals surface area contributed by atoms with E-state index in [9.17, 15) is 27.6 Å². The van der Waals surface area contributed by atoms with Gasteiger partial charge in [-0.05, 0) is 42.2 Å². The highest BCUT2D eigenvalue weighted by Crippen LogP contribution is 2.21. The summed E-state index contributed by atoms with van der Waals surface area (Å²) in [5, 5.41) is 0. The number of nitrogens with two attached hydrogens (primary N) is 1. The Morgan fingerprint density at radius 3 is 2.22 bits per heavy atom. The number of nitrogens with zero attached hydrogens (tertiary/aromatic N) is 3. The lowest BCUT2D eigenvalue weighted by molar-refractivity contribution is -0.136. The summed E-state index contributed by atoms with van der Waals surface area (Å²) in [5.74, 6) is -2.02. The number of aromatic nitrogens is 2. The van der Waals surface area contributed by atoms with Crippen LogP contribution in [0.5, 0.6) is 0 Å². The minimum atomic E-state index is -3.59. The first-order valence-corrected chi connectivity index (χ1v) is 14.6. The molecular weight excluding hydrogens is 548 g/mol. The van der Waals surface area contributed by atoms with Gasteiger partial charge in [0.1, 0.15) is 11.4 Å². The maximum atomic E-state index is 12.9. The van der Waals surface area contributed by atoms with Gasteiger partial charge in [-0.15, -0.1) is 0 Å². The Labute approximate surface area is 237 Å². The molecule has 11 nitrogen and oxygen atoms in total. The molecule has 0 amide bonds. The highest BCUT2D eigenvalue weighted by molar-refractivity contribution is 7.89. The minimum Gasteiger partial charge on any atom is -0.454 e. The van der Waals surface area contributed by atoms with Crippen LogP contribution in [0, 0.1) is 0 Å². The Bertz CT molecular complexity index is 1670. The molecule has 1 aliphatic heterocycles. The van der Waals surface area contributed by atoms with Gasteiger partial charge in [0.2, 0.25) is 15.8 Å². The van der Waals surface area contributed by atoms with E-state index in [2.05, 4.69) is 0 Å². The van der Waals surface area contributed by atoms with Crippen LogP contribution < -0.4 is 17.0 Å². The predicted octanol–water partition coefficient (Wildman–Crippen LogP) is 2.18. The van der Waals surface area contributed by atoms with Gasteiger partial charge in [0.15, 0.2) is 6.61 Å². The van der Waals surface area contributed by atoms with Crippen LogP contribution in [0.4, 0.5) is 5.82 Å². The van der Waals surface area contributed by atoms with Gasteiger partial charge in [0.05, 0.1) is 11.4 Å². The normalized spacial score (nSPS) is 14.6. The second-order valence-electron chi connectivity index (χ2n) is 9.73. The Kier molecular flexibility index (Phi) is 9.35. The molecule has 0 atom stereocenters. The molecule has 0 aliphatic carbocycles. The summed E-state index contributed by atoms with van der Waals surface area (Å²) in [6.07, 6.45) is 6.21. The molecule has 0 bridgehead atoms. The second-order valence-corrected chi connectivity index (χ2v) is 11.7. The van der Waals surface area contributed by atoms with E-state index in [0.29, 0.717) is 18.7 Å². The maximum absolute atomic E-state index is 12.9. The average Bonchev–Trinajstić information content (AvgIpc) is 3.27. The molecule has 0 spiro atoms. The fraction of sp³-hybridized carbons (Fsp3) is 0.310. The molecule has 1 fully saturated rings. The van der Waals surface area contributed by atoms with Crippen molar-refractivity contribution in [2.75, 3.05) is 25.4 Å². The predicted molar refractivity (Wildman–Crippen MR) is 154 cm³/mol. The lowest BCUT2D eigenvalue weighted by Crippen LogP contribution is -2.43. The molecule has 41 heavy (non-hydrogen) atoms. The van der Waals surface area contributed by atoms with Gasteiger partial charge in [-0.2, -0.15) is 4.31 Å². The first-order chi connectivity index (χ1) is 19.6. The Morgan fingerprint density at radius 1 is 0.951 bits per heavy atom. The molecule has 2 aromatic carbocycles. The molecule has 3 aromatic rings. The van der Waals surface area contributed by atoms with Crippen LogP contribution in [-0.4, -0.2) is 53.3 Å². The van der Waals surface area contributed by atoms with Crippen LogP contribution in [0.15, 0.2) is 75.2 Å². The number of esters is 1. The smallest absolute Gasteiger partial charge is 0.332 e. The van der Waals surface area contributed by atoms with Gasteiger partial charge >= 0.3 is 11.7 Å². The van der Waals surface area contributed by atoms with E-state index in [1.165, 1.54) is 29.6 Å². The molecule has 4 rings (SSSR count). The lowest BCUT2D eigenvalue weighted by Gasteiger charge is -2.19. The molecule has 2 heterocycles. The van der Waals surface area contributed by atoms with Crippen molar-refractivity contribution in [3.8, 4) is 0 Å². The molecule has 1 saturated heterocycles. The van der Waals surface area contributed by atoms with E-state index in [-0.39, 0.29) is 17.3 Å². The van der Waals surface area contributed by atoms with Gasteiger partial charge in [-0.25, -0.2) is 18.0 Å². The van der Waals surface area contributed by atoms with E-state index >= 15 is 0 Å². The topological polar surface area (TPSA) is 151 Å². The first-order valence-electron chi connectivity index (χ1n) is 13.2. The zero-order valence-electron chi connectivity index (χ0n) is 22.7. The van der Waals surface area contributed by atoms with Gasteiger partial charge in [0, 0.05) is 26.2 Å². The summed E-state index contributed by atoms with van der Waals surface area (Å²) >= 11 is 0. The number of carbonyl (C=O) groups is 2. The monoisotopic (exact) mass is 580 g/mol. The lowest BCUT2D eigenvalue weighted by atomic mass is 10.2. The maximum Gasteiger partial charge on any atom is 0.332 e. The zero-order valence-corrected chi connectivity index (χ0v) is 23.5. The second kappa shape index (κ2) is 12.9. The Hall–Kier alpha value is -4.29. The number of nitrogen functional groups attached to an aromatic ring is 1. The molecule has 1 aromatic heterocycles. The summed E-state index contributed by atoms with van der Waals surface area (Å²) in [4.78, 5) is 50.6. The van der Waals surface area contributed by atoms with Gasteiger partial charge in [0.25, 0.3) is 5.56 Å². The third kappa shape index (κ3) is 6.90. The molecule has 12 heteroatoms. The van der Waals surface area contributed by atoms with Crippen molar-refractivity contribution in [2.45, 2.75) is 37.1 Å². The fourth-order valence-electron chi connectivity index (χ4n) is 4.57.